The third kappa shape index (κ3) is 8.74. The van der Waals surface area contributed by atoms with E-state index < -0.39 is 29.8 Å². The van der Waals surface area contributed by atoms with Crippen LogP contribution in [0.1, 0.15) is 82.9 Å². The molecule has 2 amide bonds. The molecule has 0 fully saturated rings. The molecule has 0 saturated carbocycles. The molecule has 0 bridgehead atoms. The van der Waals surface area contributed by atoms with Gasteiger partial charge in [-0.2, -0.15) is 0 Å². The molecule has 0 aliphatic rings. The lowest BCUT2D eigenvalue weighted by Crippen LogP contribution is -2.54. The molecular weight excluding hydrogens is 434 g/mol. The number of carbonyl (C=O) groups is 3. The number of nitrogens with one attached hydrogen (secondary N) is 2. The molecule has 0 radical (unpaired) electrons. The van der Waals surface area contributed by atoms with Crippen LogP contribution in [0, 0.1) is 11.8 Å². The van der Waals surface area contributed by atoms with Crippen molar-refractivity contribution in [3.05, 3.63) is 16.1 Å². The molecule has 0 aromatic carbocycles. The molecule has 1 rings (SSSR count). The molecule has 9 nitrogen and oxygen atoms in total. The number of hydrogen-bond acceptors (Lipinski definition) is 8. The summed E-state index contributed by atoms with van der Waals surface area (Å²) in [4.78, 5) is 41.1. The van der Waals surface area contributed by atoms with E-state index in [1.807, 2.05) is 27.7 Å². The lowest BCUT2D eigenvalue weighted by molar-refractivity contribution is -0.125. The van der Waals surface area contributed by atoms with E-state index in [1.165, 1.54) is 12.5 Å². The number of hydrogen-bond donors (Lipinski definition) is 3. The number of amides is 2. The van der Waals surface area contributed by atoms with Crippen LogP contribution in [0.25, 0.3) is 0 Å². The molecule has 32 heavy (non-hydrogen) atoms. The number of thiazole rings is 1. The number of methoxy groups -OCH3 is 1. The topological polar surface area (TPSA) is 127 Å². The average Bonchev–Trinajstić information content (AvgIpc) is 3.19. The second-order valence-corrected chi connectivity index (χ2v) is 10.1. The Morgan fingerprint density at radius 2 is 1.81 bits per heavy atom. The highest BCUT2D eigenvalue weighted by atomic mass is 32.1. The van der Waals surface area contributed by atoms with Crippen molar-refractivity contribution in [1.82, 2.24) is 15.6 Å². The van der Waals surface area contributed by atoms with Crippen LogP contribution >= 0.6 is 11.3 Å². The summed E-state index contributed by atoms with van der Waals surface area (Å²) >= 11 is 1.15. The molecule has 1 heterocycles. The third-order valence-electron chi connectivity index (χ3n) is 4.98. The van der Waals surface area contributed by atoms with E-state index in [0.717, 1.165) is 11.3 Å². The largest absolute Gasteiger partial charge is 0.464 e. The summed E-state index contributed by atoms with van der Waals surface area (Å²) in [6.45, 7) is 12.9. The first-order valence-corrected chi connectivity index (χ1v) is 11.7. The Kier molecular flexibility index (Phi) is 10.6. The number of aromatic nitrogens is 1. The van der Waals surface area contributed by atoms with E-state index in [-0.39, 0.29) is 35.9 Å². The van der Waals surface area contributed by atoms with Crippen molar-refractivity contribution < 1.29 is 29.0 Å². The summed E-state index contributed by atoms with van der Waals surface area (Å²) in [6, 6.07) is -1.16. The minimum atomic E-state index is -0.966. The highest BCUT2D eigenvalue weighted by molar-refractivity contribution is 7.09. The van der Waals surface area contributed by atoms with Crippen molar-refractivity contribution in [3.63, 3.8) is 0 Å². The number of nitrogens with zero attached hydrogens (tertiary/aromatic N) is 1. The summed E-state index contributed by atoms with van der Waals surface area (Å²) < 4.78 is 9.95. The van der Waals surface area contributed by atoms with Gasteiger partial charge in [0.05, 0.1) is 7.11 Å². The average molecular weight is 472 g/mol. The summed E-state index contributed by atoms with van der Waals surface area (Å²) in [5, 5.41) is 18.2. The maximum absolute atomic E-state index is 13.1. The van der Waals surface area contributed by atoms with Crippen molar-refractivity contribution in [2.45, 2.75) is 85.1 Å². The molecule has 0 unspecified atom stereocenters. The Bertz CT molecular complexity index is 774. The van der Waals surface area contributed by atoms with Crippen LogP contribution in [0.3, 0.4) is 0 Å². The van der Waals surface area contributed by atoms with Gasteiger partial charge in [-0.1, -0.05) is 34.1 Å². The molecule has 0 saturated heterocycles. The Morgan fingerprint density at radius 3 is 2.31 bits per heavy atom. The Morgan fingerprint density at radius 1 is 1.19 bits per heavy atom. The molecule has 4 atom stereocenters. The van der Waals surface area contributed by atoms with E-state index in [4.69, 9.17) is 4.74 Å². The smallest absolute Gasteiger partial charge is 0.408 e. The fraction of sp³-hybridized carbons (Fsp3) is 0.727. The fourth-order valence-corrected chi connectivity index (χ4v) is 3.67. The van der Waals surface area contributed by atoms with E-state index in [0.29, 0.717) is 11.4 Å². The molecule has 0 spiro atoms. The molecule has 0 aliphatic heterocycles. The zero-order valence-corrected chi connectivity index (χ0v) is 21.0. The fourth-order valence-electron chi connectivity index (χ4n) is 2.89. The van der Waals surface area contributed by atoms with Gasteiger partial charge in [-0.25, -0.2) is 14.6 Å². The van der Waals surface area contributed by atoms with Gasteiger partial charge in [0.2, 0.25) is 5.91 Å². The summed E-state index contributed by atoms with van der Waals surface area (Å²) in [6.07, 6.45) is -0.737. The van der Waals surface area contributed by atoms with Gasteiger partial charge >= 0.3 is 12.1 Å². The number of esters is 1. The van der Waals surface area contributed by atoms with Crippen molar-refractivity contribution >= 4 is 29.3 Å². The molecule has 182 valence electrons. The molecular formula is C22H37N3O6S. The Balaban J connectivity index is 2.90. The van der Waals surface area contributed by atoms with Crippen molar-refractivity contribution in [1.29, 1.82) is 0 Å². The standard InChI is InChI=1S/C22H37N3O6S/c1-9-13(4)17(25-21(29)31-22(5,6)7)18(27)23-14(12(2)3)10-16(26)19-24-15(11-32-19)20(28)30-8/h11-14,16-17,26H,9-10H2,1-8H3,(H,23,27)(H,25,29)/t13-,14+,16+,17-/m0/s1. The quantitative estimate of drug-likeness (QED) is 0.446. The number of carbonyl (C=O) groups excluding carboxylic acids is 3. The van der Waals surface area contributed by atoms with Crippen molar-refractivity contribution in [2.75, 3.05) is 7.11 Å². The summed E-state index contributed by atoms with van der Waals surface area (Å²) in [7, 11) is 1.27. The minimum Gasteiger partial charge on any atom is -0.464 e. The van der Waals surface area contributed by atoms with Gasteiger partial charge in [0.15, 0.2) is 5.69 Å². The first kappa shape index (κ1) is 27.8. The zero-order valence-electron chi connectivity index (χ0n) is 20.2. The Hall–Kier alpha value is -2.20. The second kappa shape index (κ2) is 12.2. The Labute approximate surface area is 194 Å². The molecule has 1 aromatic rings. The lowest BCUT2D eigenvalue weighted by atomic mass is 9.94. The zero-order chi connectivity index (χ0) is 24.6. The van der Waals surface area contributed by atoms with Crippen LogP contribution in [0.2, 0.25) is 0 Å². The molecule has 10 heteroatoms. The predicted molar refractivity (Wildman–Crippen MR) is 122 cm³/mol. The normalized spacial score (nSPS) is 15.4. The number of aliphatic hydroxyl groups excluding tert-OH is 1. The first-order chi connectivity index (χ1) is 14.8. The van der Waals surface area contributed by atoms with Crippen LogP contribution < -0.4 is 10.6 Å². The monoisotopic (exact) mass is 471 g/mol. The van der Waals surface area contributed by atoms with Crippen LogP contribution in [0.4, 0.5) is 4.79 Å². The minimum absolute atomic E-state index is 0.00718. The van der Waals surface area contributed by atoms with E-state index in [2.05, 4.69) is 20.4 Å². The maximum atomic E-state index is 13.1. The van der Waals surface area contributed by atoms with Crippen LogP contribution in [-0.4, -0.2) is 52.9 Å². The summed E-state index contributed by atoms with van der Waals surface area (Å²) in [5.41, 5.74) is -0.544. The number of ether oxygens (including phenoxy) is 2. The number of rotatable bonds is 10. The van der Waals surface area contributed by atoms with E-state index in [9.17, 15) is 19.5 Å². The van der Waals surface area contributed by atoms with Crippen molar-refractivity contribution in [3.8, 4) is 0 Å². The van der Waals surface area contributed by atoms with Gasteiger partial charge in [-0.05, 0) is 32.6 Å². The SMILES string of the molecule is CC[C@H](C)[C@H](NC(=O)OC(C)(C)C)C(=O)N[C@H](C[C@@H](O)c1nc(C(=O)OC)cs1)C(C)C. The lowest BCUT2D eigenvalue weighted by Gasteiger charge is -2.30. The van der Waals surface area contributed by atoms with Gasteiger partial charge in [0.25, 0.3) is 0 Å². The number of aliphatic hydroxyl groups is 1. The summed E-state index contributed by atoms with van der Waals surface area (Å²) in [5.74, 6) is -1.03. The van der Waals surface area contributed by atoms with Gasteiger partial charge in [-0.3, -0.25) is 4.79 Å². The first-order valence-electron chi connectivity index (χ1n) is 10.8. The van der Waals surface area contributed by atoms with Gasteiger partial charge < -0.3 is 25.2 Å². The van der Waals surface area contributed by atoms with E-state index >= 15 is 0 Å². The third-order valence-corrected chi connectivity index (χ3v) is 5.92. The predicted octanol–water partition coefficient (Wildman–Crippen LogP) is 3.43. The van der Waals surface area contributed by atoms with Gasteiger partial charge in [0.1, 0.15) is 22.8 Å². The highest BCUT2D eigenvalue weighted by Crippen LogP contribution is 2.25. The van der Waals surface area contributed by atoms with Gasteiger partial charge in [0, 0.05) is 17.8 Å². The van der Waals surface area contributed by atoms with Crippen LogP contribution in [0.5, 0.6) is 0 Å². The molecule has 3 N–H and O–H groups in total. The van der Waals surface area contributed by atoms with Gasteiger partial charge in [-0.15, -0.1) is 11.3 Å². The maximum Gasteiger partial charge on any atom is 0.408 e. The molecule has 1 aromatic heterocycles. The second-order valence-electron chi connectivity index (χ2n) is 9.18. The number of alkyl carbamates (subject to hydrolysis) is 1. The van der Waals surface area contributed by atoms with E-state index in [1.54, 1.807) is 20.8 Å². The molecule has 0 aliphatic carbocycles. The van der Waals surface area contributed by atoms with Crippen molar-refractivity contribution in [2.24, 2.45) is 11.8 Å². The van der Waals surface area contributed by atoms with Crippen LogP contribution in [0.15, 0.2) is 5.38 Å². The highest BCUT2D eigenvalue weighted by Gasteiger charge is 2.31. The van der Waals surface area contributed by atoms with Crippen LogP contribution in [-0.2, 0) is 14.3 Å².